The lowest BCUT2D eigenvalue weighted by atomic mass is 10.2. The lowest BCUT2D eigenvalue weighted by Gasteiger charge is -2.07. The molecule has 5 nitrogen and oxygen atoms in total. The number of aromatic nitrogens is 1. The molecule has 0 atom stereocenters. The van der Waals surface area contributed by atoms with Crippen molar-refractivity contribution in [2.75, 3.05) is 13.1 Å². The number of para-hydroxylation sites is 1. The Morgan fingerprint density at radius 2 is 1.92 bits per heavy atom. The summed E-state index contributed by atoms with van der Waals surface area (Å²) >= 11 is 5.00. The first-order valence-electron chi connectivity index (χ1n) is 8.27. The number of hydrogen-bond acceptors (Lipinski definition) is 4. The summed E-state index contributed by atoms with van der Waals surface area (Å²) in [6.07, 6.45) is 1.63. The molecule has 2 aromatic carbocycles. The minimum Gasteiger partial charge on any atom is -0.355 e. The Bertz CT molecular complexity index is 893. The summed E-state index contributed by atoms with van der Waals surface area (Å²) in [4.78, 5) is 28.4. The van der Waals surface area contributed by atoms with Gasteiger partial charge in [0.25, 0.3) is 5.91 Å². The molecule has 0 saturated carbocycles. The van der Waals surface area contributed by atoms with Crippen LogP contribution in [0.1, 0.15) is 21.8 Å². The van der Waals surface area contributed by atoms with Crippen molar-refractivity contribution in [2.24, 2.45) is 0 Å². The monoisotopic (exact) mass is 431 g/mol. The fourth-order valence-corrected chi connectivity index (χ4v) is 3.86. The molecule has 0 bridgehead atoms. The molecule has 1 heterocycles. The van der Waals surface area contributed by atoms with Crippen LogP contribution in [0.15, 0.2) is 53.0 Å². The van der Waals surface area contributed by atoms with Crippen LogP contribution in [0.25, 0.3) is 10.2 Å². The van der Waals surface area contributed by atoms with E-state index in [1.165, 1.54) is 4.70 Å². The van der Waals surface area contributed by atoms with Crippen LogP contribution in [0.2, 0.25) is 0 Å². The highest BCUT2D eigenvalue weighted by atomic mass is 79.9. The molecule has 0 aliphatic rings. The molecule has 2 amide bonds. The molecule has 3 aromatic rings. The highest BCUT2D eigenvalue weighted by molar-refractivity contribution is 9.10. The number of aryl methyl sites for hydroxylation is 1. The highest BCUT2D eigenvalue weighted by Gasteiger charge is 2.08. The van der Waals surface area contributed by atoms with E-state index >= 15 is 0 Å². The van der Waals surface area contributed by atoms with Crippen molar-refractivity contribution >= 4 is 49.3 Å². The number of nitrogens with zero attached hydrogens (tertiary/aromatic N) is 1. The van der Waals surface area contributed by atoms with E-state index in [0.717, 1.165) is 27.8 Å². The summed E-state index contributed by atoms with van der Waals surface area (Å²) in [5.41, 5.74) is 1.54. The van der Waals surface area contributed by atoms with Crippen molar-refractivity contribution in [1.29, 1.82) is 0 Å². The first kappa shape index (κ1) is 18.5. The van der Waals surface area contributed by atoms with Gasteiger partial charge in [0.2, 0.25) is 5.91 Å². The molecule has 1 aromatic heterocycles. The highest BCUT2D eigenvalue weighted by Crippen LogP contribution is 2.22. The predicted octanol–water partition coefficient (Wildman–Crippen LogP) is 3.54. The molecule has 0 fully saturated rings. The molecule has 0 radical (unpaired) electrons. The van der Waals surface area contributed by atoms with E-state index in [4.69, 9.17) is 0 Å². The number of rotatable bonds is 7. The quantitative estimate of drug-likeness (QED) is 0.561. The van der Waals surface area contributed by atoms with Crippen LogP contribution in [0.5, 0.6) is 0 Å². The number of nitrogens with one attached hydrogen (secondary N) is 2. The number of benzene rings is 2. The lowest BCUT2D eigenvalue weighted by molar-refractivity contribution is -0.120. The molecule has 0 aliphatic carbocycles. The SMILES string of the molecule is O=C(CNC(=O)c1cccc(Br)c1)NCCCc1nc2ccccc2s1. The van der Waals surface area contributed by atoms with Gasteiger partial charge in [0, 0.05) is 23.0 Å². The Balaban J connectivity index is 1.37. The van der Waals surface area contributed by atoms with Crippen LogP contribution in [-0.2, 0) is 11.2 Å². The molecule has 2 N–H and O–H groups in total. The minimum absolute atomic E-state index is 0.0352. The third kappa shape index (κ3) is 5.12. The van der Waals surface area contributed by atoms with Crippen LogP contribution in [0, 0.1) is 0 Å². The second kappa shape index (κ2) is 8.91. The maximum atomic E-state index is 12.0. The van der Waals surface area contributed by atoms with Gasteiger partial charge in [-0.1, -0.05) is 34.1 Å². The van der Waals surface area contributed by atoms with Gasteiger partial charge in [-0.2, -0.15) is 0 Å². The molecule has 134 valence electrons. The molecule has 3 rings (SSSR count). The zero-order chi connectivity index (χ0) is 18.4. The Morgan fingerprint density at radius 1 is 1.08 bits per heavy atom. The number of fused-ring (bicyclic) bond motifs is 1. The fourth-order valence-electron chi connectivity index (χ4n) is 2.45. The Labute approximate surface area is 164 Å². The number of carbonyl (C=O) groups excluding carboxylic acids is 2. The molecule has 0 aliphatic heterocycles. The van der Waals surface area contributed by atoms with Crippen LogP contribution >= 0.6 is 27.3 Å². The Morgan fingerprint density at radius 3 is 2.73 bits per heavy atom. The van der Waals surface area contributed by atoms with Crippen LogP contribution < -0.4 is 10.6 Å². The van der Waals surface area contributed by atoms with Gasteiger partial charge >= 0.3 is 0 Å². The minimum atomic E-state index is -0.268. The smallest absolute Gasteiger partial charge is 0.251 e. The lowest BCUT2D eigenvalue weighted by Crippen LogP contribution is -2.37. The van der Waals surface area contributed by atoms with Crippen molar-refractivity contribution in [2.45, 2.75) is 12.8 Å². The number of hydrogen-bond donors (Lipinski definition) is 2. The first-order valence-corrected chi connectivity index (χ1v) is 9.88. The maximum Gasteiger partial charge on any atom is 0.251 e. The maximum absolute atomic E-state index is 12.0. The van der Waals surface area contributed by atoms with E-state index in [1.807, 2.05) is 24.3 Å². The van der Waals surface area contributed by atoms with Gasteiger partial charge in [0.15, 0.2) is 0 Å². The van der Waals surface area contributed by atoms with Crippen LogP contribution in [-0.4, -0.2) is 29.9 Å². The van der Waals surface area contributed by atoms with Gasteiger partial charge in [-0.05, 0) is 36.8 Å². The van der Waals surface area contributed by atoms with Gasteiger partial charge in [0.05, 0.1) is 21.8 Å². The third-order valence-electron chi connectivity index (χ3n) is 3.72. The summed E-state index contributed by atoms with van der Waals surface area (Å²) in [6, 6.07) is 15.1. The zero-order valence-corrected chi connectivity index (χ0v) is 16.4. The number of thiazole rings is 1. The van der Waals surface area contributed by atoms with Crippen LogP contribution in [0.4, 0.5) is 0 Å². The average Bonchev–Trinajstić information content (AvgIpc) is 3.06. The van der Waals surface area contributed by atoms with Gasteiger partial charge < -0.3 is 10.6 Å². The van der Waals surface area contributed by atoms with E-state index in [-0.39, 0.29) is 18.4 Å². The zero-order valence-electron chi connectivity index (χ0n) is 14.0. The Hall–Kier alpha value is -2.25. The molecule has 7 heteroatoms. The number of carbonyl (C=O) groups is 2. The van der Waals surface area contributed by atoms with Crippen molar-refractivity contribution in [1.82, 2.24) is 15.6 Å². The fraction of sp³-hybridized carbons (Fsp3) is 0.211. The van der Waals surface area contributed by atoms with E-state index in [1.54, 1.807) is 29.5 Å². The average molecular weight is 432 g/mol. The van der Waals surface area contributed by atoms with Gasteiger partial charge in [-0.25, -0.2) is 4.98 Å². The summed E-state index contributed by atoms with van der Waals surface area (Å²) in [6.45, 7) is 0.522. The second-order valence-electron chi connectivity index (χ2n) is 5.72. The van der Waals surface area contributed by atoms with E-state index < -0.39 is 0 Å². The summed E-state index contributed by atoms with van der Waals surface area (Å²) < 4.78 is 2.01. The summed E-state index contributed by atoms with van der Waals surface area (Å²) in [7, 11) is 0. The topological polar surface area (TPSA) is 71.1 Å². The standard InChI is InChI=1S/C19H18BrN3O2S/c20-14-6-3-5-13(11-14)19(25)22-12-17(24)21-10-4-9-18-23-15-7-1-2-8-16(15)26-18/h1-3,5-8,11H,4,9-10,12H2,(H,21,24)(H,22,25). The van der Waals surface area contributed by atoms with Crippen LogP contribution in [0.3, 0.4) is 0 Å². The molecule has 0 saturated heterocycles. The summed E-state index contributed by atoms with van der Waals surface area (Å²) in [5.74, 6) is -0.464. The molecular formula is C19H18BrN3O2S. The van der Waals surface area contributed by atoms with Crippen molar-refractivity contribution in [3.05, 3.63) is 63.6 Å². The molecule has 0 spiro atoms. The number of halogens is 1. The summed E-state index contributed by atoms with van der Waals surface area (Å²) in [5, 5.41) is 6.51. The van der Waals surface area contributed by atoms with Crippen molar-refractivity contribution in [3.63, 3.8) is 0 Å². The van der Waals surface area contributed by atoms with Crippen molar-refractivity contribution in [3.8, 4) is 0 Å². The third-order valence-corrected chi connectivity index (χ3v) is 5.31. The van der Waals surface area contributed by atoms with Crippen molar-refractivity contribution < 1.29 is 9.59 Å². The van der Waals surface area contributed by atoms with E-state index in [2.05, 4.69) is 37.6 Å². The molecule has 0 unspecified atom stereocenters. The molecular weight excluding hydrogens is 414 g/mol. The number of amides is 2. The van der Waals surface area contributed by atoms with Gasteiger partial charge in [0.1, 0.15) is 0 Å². The van der Waals surface area contributed by atoms with Gasteiger partial charge in [-0.15, -0.1) is 11.3 Å². The van der Waals surface area contributed by atoms with Gasteiger partial charge in [-0.3, -0.25) is 9.59 Å². The van der Waals surface area contributed by atoms with E-state index in [9.17, 15) is 9.59 Å². The largest absolute Gasteiger partial charge is 0.355 e. The second-order valence-corrected chi connectivity index (χ2v) is 7.75. The predicted molar refractivity (Wildman–Crippen MR) is 107 cm³/mol. The normalized spacial score (nSPS) is 10.7. The first-order chi connectivity index (χ1) is 12.6. The molecule has 26 heavy (non-hydrogen) atoms. The van der Waals surface area contributed by atoms with E-state index in [0.29, 0.717) is 12.1 Å². The Kier molecular flexibility index (Phi) is 6.35.